The van der Waals surface area contributed by atoms with Crippen LogP contribution in [-0.2, 0) is 9.53 Å². The first-order chi connectivity index (χ1) is 19.4. The van der Waals surface area contributed by atoms with E-state index in [1.807, 2.05) is 48.4 Å². The van der Waals surface area contributed by atoms with Crippen LogP contribution in [0.4, 0.5) is 10.1 Å². The van der Waals surface area contributed by atoms with Gasteiger partial charge in [0.25, 0.3) is 0 Å². The minimum Gasteiger partial charge on any atom is -0.502 e. The molecule has 0 aliphatic carbocycles. The number of hydrogen-bond donors (Lipinski definition) is 0. The number of rotatable bonds is 10. The van der Waals surface area contributed by atoms with Crippen LogP contribution < -0.4 is 4.90 Å². The van der Waals surface area contributed by atoms with E-state index in [4.69, 9.17) is 4.74 Å². The maximum Gasteiger partial charge on any atom is 0.226 e. The molecule has 2 aliphatic rings. The van der Waals surface area contributed by atoms with Crippen molar-refractivity contribution in [3.8, 4) is 0 Å². The van der Waals surface area contributed by atoms with Crippen molar-refractivity contribution in [3.05, 3.63) is 83.9 Å². The average molecular weight is 547 g/mol. The summed E-state index contributed by atoms with van der Waals surface area (Å²) in [5.74, 6) is 0.266. The molecule has 0 radical (unpaired) electrons. The predicted octanol–water partition coefficient (Wildman–Crippen LogP) is 7.29. The zero-order valence-corrected chi connectivity index (χ0v) is 24.0. The van der Waals surface area contributed by atoms with E-state index in [1.165, 1.54) is 12.1 Å². The van der Waals surface area contributed by atoms with Gasteiger partial charge < -0.3 is 14.5 Å². The van der Waals surface area contributed by atoms with Gasteiger partial charge in [0.05, 0.1) is 12.9 Å². The highest BCUT2D eigenvalue weighted by atomic mass is 19.1. The van der Waals surface area contributed by atoms with Crippen LogP contribution in [0.25, 0.3) is 6.08 Å². The number of piperidine rings is 1. The van der Waals surface area contributed by atoms with Crippen molar-refractivity contribution in [2.45, 2.75) is 58.8 Å². The third-order valence-electron chi connectivity index (χ3n) is 8.35. The molecule has 2 saturated heterocycles. The first-order valence-electron chi connectivity index (χ1n) is 14.7. The van der Waals surface area contributed by atoms with Crippen molar-refractivity contribution in [1.82, 2.24) is 4.90 Å². The van der Waals surface area contributed by atoms with Crippen LogP contribution in [0, 0.1) is 17.2 Å². The lowest BCUT2D eigenvalue weighted by Gasteiger charge is -2.46. The second-order valence-corrected chi connectivity index (χ2v) is 11.3. The number of halogens is 1. The van der Waals surface area contributed by atoms with Crippen LogP contribution in [0.2, 0.25) is 0 Å². The molecule has 0 bridgehead atoms. The van der Waals surface area contributed by atoms with Gasteiger partial charge in [0.2, 0.25) is 5.91 Å². The van der Waals surface area contributed by atoms with Crippen molar-refractivity contribution in [1.29, 1.82) is 0 Å². The number of benzene rings is 2. The Kier molecular flexibility index (Phi) is 10.7. The maximum absolute atomic E-state index is 13.2. The Morgan fingerprint density at radius 2 is 1.88 bits per heavy atom. The highest BCUT2D eigenvalue weighted by Crippen LogP contribution is 2.40. The van der Waals surface area contributed by atoms with E-state index >= 15 is 0 Å². The van der Waals surface area contributed by atoms with E-state index in [-0.39, 0.29) is 22.9 Å². The summed E-state index contributed by atoms with van der Waals surface area (Å²) < 4.78 is 18.7. The molecule has 2 aromatic rings. The summed E-state index contributed by atoms with van der Waals surface area (Å²) in [6.45, 7) is 7.85. The van der Waals surface area contributed by atoms with Gasteiger partial charge in [0.15, 0.2) is 5.78 Å². The summed E-state index contributed by atoms with van der Waals surface area (Å²) in [5, 5.41) is 0. The van der Waals surface area contributed by atoms with Gasteiger partial charge in [-0.1, -0.05) is 42.8 Å². The monoisotopic (exact) mass is 546 g/mol. The number of ketones is 1. The predicted molar refractivity (Wildman–Crippen MR) is 160 cm³/mol. The van der Waals surface area contributed by atoms with Gasteiger partial charge in [-0.15, -0.1) is 0 Å². The molecule has 0 N–H and O–H groups in total. The molecule has 1 spiro atoms. The first kappa shape index (κ1) is 29.7. The molecule has 2 aromatic carbocycles. The summed E-state index contributed by atoms with van der Waals surface area (Å²) in [6, 6.07) is 14.1. The van der Waals surface area contributed by atoms with Crippen LogP contribution >= 0.6 is 0 Å². The lowest BCUT2D eigenvalue weighted by atomic mass is 9.73. The van der Waals surface area contributed by atoms with E-state index in [9.17, 15) is 14.0 Å². The Morgan fingerprint density at radius 1 is 1.10 bits per heavy atom. The van der Waals surface area contributed by atoms with E-state index < -0.39 is 0 Å². The normalized spacial score (nSPS) is 19.2. The zero-order valence-electron chi connectivity index (χ0n) is 24.0. The van der Waals surface area contributed by atoms with E-state index in [1.54, 1.807) is 19.1 Å². The number of likely N-dealkylation sites (tertiary alicyclic amines) is 1. The van der Waals surface area contributed by atoms with Crippen molar-refractivity contribution in [2.24, 2.45) is 11.3 Å². The Hall–Kier alpha value is -3.25. The number of hydrogen-bond acceptors (Lipinski definition) is 4. The molecule has 1 amide bonds. The number of carbonyl (C=O) groups is 2. The highest BCUT2D eigenvalue weighted by Gasteiger charge is 2.38. The molecule has 0 saturated carbocycles. The Morgan fingerprint density at radius 3 is 2.60 bits per heavy atom. The Balaban J connectivity index is 1.41. The topological polar surface area (TPSA) is 49.9 Å². The molecule has 40 heavy (non-hydrogen) atoms. The SMILES string of the molecule is CCO/C=C/C(C/C=C/c1ccc(F)cc1)CN1CCC2(CCCCC(=O)N(c3cccc(C(C)=O)c3)C2)CC1. The maximum atomic E-state index is 13.2. The third kappa shape index (κ3) is 8.37. The van der Waals surface area contributed by atoms with Gasteiger partial charge in [-0.05, 0) is 106 Å². The molecular formula is C34H43FN2O3. The first-order valence-corrected chi connectivity index (χ1v) is 14.7. The fraction of sp³-hybridized carbons (Fsp3) is 0.471. The van der Waals surface area contributed by atoms with Crippen molar-refractivity contribution >= 4 is 23.5 Å². The molecule has 5 nitrogen and oxygen atoms in total. The third-order valence-corrected chi connectivity index (χ3v) is 8.35. The lowest BCUT2D eigenvalue weighted by molar-refractivity contribution is -0.119. The van der Waals surface area contributed by atoms with Crippen LogP contribution in [0.3, 0.4) is 0 Å². The molecule has 214 valence electrons. The summed E-state index contributed by atoms with van der Waals surface area (Å²) in [5.41, 5.74) is 2.58. The standard InChI is InChI=1S/C34H43FN2O3/c1-3-40-23-17-29(9-6-8-28-13-15-31(35)16-14-28)25-36-21-19-34(20-22-36)18-5-4-12-33(39)37(26-34)32-11-7-10-30(24-32)27(2)38/h6-8,10-11,13-17,23-24,29H,3-5,9,12,18-22,25-26H2,1-2H3/b8-6+,23-17+. The van der Waals surface area contributed by atoms with Gasteiger partial charge in [0.1, 0.15) is 5.82 Å². The van der Waals surface area contributed by atoms with E-state index in [0.29, 0.717) is 24.5 Å². The molecule has 4 rings (SSSR count). The molecule has 1 atom stereocenters. The zero-order chi connectivity index (χ0) is 28.4. The van der Waals surface area contributed by atoms with Crippen LogP contribution in [0.15, 0.2) is 66.9 Å². The smallest absolute Gasteiger partial charge is 0.226 e. The largest absolute Gasteiger partial charge is 0.502 e. The van der Waals surface area contributed by atoms with Crippen molar-refractivity contribution in [2.75, 3.05) is 37.7 Å². The number of nitrogens with zero attached hydrogens (tertiary/aromatic N) is 2. The van der Waals surface area contributed by atoms with Gasteiger partial charge in [-0.3, -0.25) is 9.59 Å². The number of carbonyl (C=O) groups excluding carboxylic acids is 2. The molecule has 6 heteroatoms. The summed E-state index contributed by atoms with van der Waals surface area (Å²) in [7, 11) is 0. The second-order valence-electron chi connectivity index (χ2n) is 11.3. The van der Waals surface area contributed by atoms with E-state index in [2.05, 4.69) is 17.1 Å². The van der Waals surface area contributed by atoms with Crippen molar-refractivity contribution in [3.63, 3.8) is 0 Å². The quantitative estimate of drug-likeness (QED) is 0.232. The van der Waals surface area contributed by atoms with Gasteiger partial charge in [-0.2, -0.15) is 0 Å². The fourth-order valence-corrected chi connectivity index (χ4v) is 5.92. The molecule has 2 fully saturated rings. The number of ether oxygens (including phenoxy) is 1. The summed E-state index contributed by atoms with van der Waals surface area (Å²) in [4.78, 5) is 29.7. The van der Waals surface area contributed by atoms with Crippen LogP contribution in [-0.4, -0.2) is 49.4 Å². The number of amides is 1. The highest BCUT2D eigenvalue weighted by molar-refractivity contribution is 5.98. The molecule has 0 aromatic heterocycles. The lowest BCUT2D eigenvalue weighted by Crippen LogP contribution is -2.49. The Labute approximate surface area is 238 Å². The summed E-state index contributed by atoms with van der Waals surface area (Å²) >= 11 is 0. The Bertz CT molecular complexity index is 1180. The fourth-order valence-electron chi connectivity index (χ4n) is 5.92. The number of Topliss-reactive ketones (excluding diaryl/α,β-unsaturated/α-hetero) is 1. The number of allylic oxidation sites excluding steroid dienone is 1. The van der Waals surface area contributed by atoms with Gasteiger partial charge in [0, 0.05) is 30.8 Å². The second kappa shape index (κ2) is 14.4. The molecule has 1 unspecified atom stereocenters. The average Bonchev–Trinajstić information content (AvgIpc) is 2.95. The summed E-state index contributed by atoms with van der Waals surface area (Å²) in [6.07, 6.45) is 14.8. The van der Waals surface area contributed by atoms with E-state index in [0.717, 1.165) is 76.0 Å². The number of anilines is 1. The van der Waals surface area contributed by atoms with Crippen LogP contribution in [0.1, 0.15) is 74.7 Å². The minimum absolute atomic E-state index is 0.0183. The van der Waals surface area contributed by atoms with Crippen LogP contribution in [0.5, 0.6) is 0 Å². The molecule has 2 aliphatic heterocycles. The molecule has 2 heterocycles. The van der Waals surface area contributed by atoms with Crippen molar-refractivity contribution < 1.29 is 18.7 Å². The van der Waals surface area contributed by atoms with Gasteiger partial charge >= 0.3 is 0 Å². The minimum atomic E-state index is -0.223. The van der Waals surface area contributed by atoms with Gasteiger partial charge in [-0.25, -0.2) is 4.39 Å². The molecular weight excluding hydrogens is 503 g/mol.